The number of hydrogen-bond donors (Lipinski definition) is 1. The number of rotatable bonds is 9. The van der Waals surface area contributed by atoms with Crippen molar-refractivity contribution in [3.05, 3.63) is 102 Å². The summed E-state index contributed by atoms with van der Waals surface area (Å²) < 4.78 is 4.69. The van der Waals surface area contributed by atoms with Gasteiger partial charge in [-0.05, 0) is 50.7 Å². The van der Waals surface area contributed by atoms with Crippen LogP contribution in [0.15, 0.2) is 84.9 Å². The Balaban J connectivity index is 0.000000297. The molecule has 3 rings (SSSR count). The van der Waals surface area contributed by atoms with Crippen LogP contribution in [0.25, 0.3) is 0 Å². The van der Waals surface area contributed by atoms with Crippen molar-refractivity contribution in [1.29, 1.82) is 0 Å². The third kappa shape index (κ3) is 7.12. The third-order valence-corrected chi connectivity index (χ3v) is 6.18. The molecule has 0 aliphatic rings. The van der Waals surface area contributed by atoms with Gasteiger partial charge in [-0.3, -0.25) is 9.59 Å². The molecule has 6 heteroatoms. The molecule has 0 fully saturated rings. The molecule has 190 valence electrons. The molecule has 0 saturated carbocycles. The van der Waals surface area contributed by atoms with Crippen molar-refractivity contribution in [2.45, 2.75) is 45.1 Å². The van der Waals surface area contributed by atoms with Gasteiger partial charge in [0.15, 0.2) is 0 Å². The molecule has 0 radical (unpaired) electrons. The highest BCUT2D eigenvalue weighted by molar-refractivity contribution is 5.94. The van der Waals surface area contributed by atoms with Gasteiger partial charge in [0.05, 0.1) is 5.41 Å². The highest BCUT2D eigenvalue weighted by Crippen LogP contribution is 2.39. The molecule has 6 nitrogen and oxygen atoms in total. The van der Waals surface area contributed by atoms with Crippen molar-refractivity contribution in [2.24, 2.45) is 0 Å². The predicted octanol–water partition coefficient (Wildman–Crippen LogP) is 5.60. The Morgan fingerprint density at radius 1 is 0.861 bits per heavy atom. The van der Waals surface area contributed by atoms with Gasteiger partial charge in [0.1, 0.15) is 17.1 Å². The Kier molecular flexibility index (Phi) is 10.6. The van der Waals surface area contributed by atoms with Crippen LogP contribution in [0.3, 0.4) is 0 Å². The summed E-state index contributed by atoms with van der Waals surface area (Å²) in [7, 11) is 4.14. The Morgan fingerprint density at radius 3 is 1.75 bits per heavy atom. The second-order valence-corrected chi connectivity index (χ2v) is 8.83. The molecule has 1 N–H and O–H groups in total. The van der Waals surface area contributed by atoms with Crippen LogP contribution in [-0.2, 0) is 15.0 Å². The number of carboxylic acid groups (broad SMARTS) is 1. The minimum atomic E-state index is -1.11. The lowest BCUT2D eigenvalue weighted by atomic mass is 9.67. The van der Waals surface area contributed by atoms with Crippen molar-refractivity contribution in [1.82, 2.24) is 4.90 Å². The van der Waals surface area contributed by atoms with E-state index in [1.165, 1.54) is 19.1 Å². The lowest BCUT2D eigenvalue weighted by molar-refractivity contribution is -0.132. The number of carbonyl (C=O) groups is 3. The largest absolute Gasteiger partial charge is 0.478 e. The number of para-hydroxylation sites is 1. The molecule has 36 heavy (non-hydrogen) atoms. The van der Waals surface area contributed by atoms with E-state index >= 15 is 0 Å². The zero-order valence-corrected chi connectivity index (χ0v) is 21.6. The van der Waals surface area contributed by atoms with Gasteiger partial charge in [-0.25, -0.2) is 4.79 Å². The molecule has 0 aliphatic heterocycles. The molecule has 0 saturated heterocycles. The first kappa shape index (κ1) is 28.5. The van der Waals surface area contributed by atoms with Crippen LogP contribution in [0.1, 0.15) is 55.1 Å². The third-order valence-electron chi connectivity index (χ3n) is 6.18. The Morgan fingerprint density at radius 2 is 1.33 bits per heavy atom. The maximum atomic E-state index is 13.2. The number of ether oxygens (including phenoxy) is 1. The van der Waals surface area contributed by atoms with Gasteiger partial charge in [-0.15, -0.1) is 0 Å². The molecule has 0 bridgehead atoms. The van der Waals surface area contributed by atoms with Crippen LogP contribution < -0.4 is 4.74 Å². The maximum absolute atomic E-state index is 13.2. The van der Waals surface area contributed by atoms with E-state index in [0.29, 0.717) is 12.5 Å². The van der Waals surface area contributed by atoms with Crippen molar-refractivity contribution in [3.63, 3.8) is 0 Å². The van der Waals surface area contributed by atoms with Crippen LogP contribution in [0, 0.1) is 0 Å². The first-order valence-electron chi connectivity index (χ1n) is 11.9. The molecular formula is C30H35NO5. The van der Waals surface area contributed by atoms with Crippen LogP contribution in [0.2, 0.25) is 0 Å². The van der Waals surface area contributed by atoms with Crippen molar-refractivity contribution in [3.8, 4) is 5.75 Å². The first-order valence-corrected chi connectivity index (χ1v) is 11.9. The molecular weight excluding hydrogens is 454 g/mol. The number of ketones is 1. The number of nitrogens with zero attached hydrogens (tertiary/aromatic N) is 1. The van der Waals surface area contributed by atoms with E-state index in [9.17, 15) is 14.4 Å². The Labute approximate surface area is 213 Å². The summed E-state index contributed by atoms with van der Waals surface area (Å²) in [4.78, 5) is 36.5. The van der Waals surface area contributed by atoms with Gasteiger partial charge in [0, 0.05) is 19.4 Å². The Hall–Kier alpha value is -3.77. The van der Waals surface area contributed by atoms with E-state index in [2.05, 4.69) is 54.9 Å². The van der Waals surface area contributed by atoms with Crippen LogP contribution in [-0.4, -0.2) is 47.9 Å². The molecule has 3 aromatic rings. The normalized spacial score (nSPS) is 11.7. The summed E-state index contributed by atoms with van der Waals surface area (Å²) in [5.41, 5.74) is 1.58. The number of benzene rings is 3. The van der Waals surface area contributed by atoms with Gasteiger partial charge in [-0.1, -0.05) is 79.7 Å². The molecule has 0 amide bonds. The minimum absolute atomic E-state index is 0.0160. The summed E-state index contributed by atoms with van der Waals surface area (Å²) in [6.45, 7) is 5.37. The van der Waals surface area contributed by atoms with Crippen molar-refractivity contribution < 1.29 is 24.2 Å². The monoisotopic (exact) mass is 489 g/mol. The smallest absolute Gasteiger partial charge is 0.339 e. The maximum Gasteiger partial charge on any atom is 0.339 e. The first-order chi connectivity index (χ1) is 17.1. The zero-order chi connectivity index (χ0) is 26.7. The average molecular weight is 490 g/mol. The second kappa shape index (κ2) is 13.4. The molecule has 1 unspecified atom stereocenters. The molecule has 3 aromatic carbocycles. The summed E-state index contributed by atoms with van der Waals surface area (Å²) in [6.07, 6.45) is 1.31. The van der Waals surface area contributed by atoms with E-state index in [-0.39, 0.29) is 17.1 Å². The van der Waals surface area contributed by atoms with Gasteiger partial charge in [0.25, 0.3) is 0 Å². The molecule has 0 spiro atoms. The summed E-state index contributed by atoms with van der Waals surface area (Å²) >= 11 is 0. The van der Waals surface area contributed by atoms with E-state index in [1.807, 2.05) is 43.3 Å². The Bertz CT molecular complexity index is 1100. The molecule has 0 heterocycles. The van der Waals surface area contributed by atoms with Crippen molar-refractivity contribution >= 4 is 17.7 Å². The number of aromatic carboxylic acids is 1. The van der Waals surface area contributed by atoms with E-state index in [1.54, 1.807) is 12.1 Å². The lowest BCUT2D eigenvalue weighted by Gasteiger charge is -2.37. The number of Topliss-reactive ketones (excluding diaryl/α,β-unsaturated/α-hetero) is 1. The summed E-state index contributed by atoms with van der Waals surface area (Å²) in [6, 6.07) is 26.7. The van der Waals surface area contributed by atoms with Crippen molar-refractivity contribution in [2.75, 3.05) is 14.1 Å². The van der Waals surface area contributed by atoms with Gasteiger partial charge in [-0.2, -0.15) is 0 Å². The van der Waals surface area contributed by atoms with Crippen LogP contribution >= 0.6 is 0 Å². The van der Waals surface area contributed by atoms with E-state index < -0.39 is 17.4 Å². The van der Waals surface area contributed by atoms with Gasteiger partial charge in [0.2, 0.25) is 0 Å². The fraction of sp³-hybridized carbons (Fsp3) is 0.300. The highest BCUT2D eigenvalue weighted by atomic mass is 16.5. The molecule has 1 atom stereocenters. The van der Waals surface area contributed by atoms with Gasteiger partial charge >= 0.3 is 11.9 Å². The fourth-order valence-corrected chi connectivity index (χ4v) is 4.10. The zero-order valence-electron chi connectivity index (χ0n) is 21.6. The fourth-order valence-electron chi connectivity index (χ4n) is 4.10. The number of carboxylic acids is 1. The topological polar surface area (TPSA) is 83.9 Å². The second-order valence-electron chi connectivity index (χ2n) is 8.83. The highest BCUT2D eigenvalue weighted by Gasteiger charge is 2.41. The lowest BCUT2D eigenvalue weighted by Crippen LogP contribution is -2.42. The van der Waals surface area contributed by atoms with Crippen LogP contribution in [0.4, 0.5) is 0 Å². The van der Waals surface area contributed by atoms with E-state index in [4.69, 9.17) is 5.11 Å². The minimum Gasteiger partial charge on any atom is -0.478 e. The summed E-state index contributed by atoms with van der Waals surface area (Å²) in [5.74, 6) is -1.29. The number of hydrogen-bond acceptors (Lipinski definition) is 5. The molecule has 0 aromatic heterocycles. The summed E-state index contributed by atoms with van der Waals surface area (Å²) in [5, 5.41) is 8.69. The van der Waals surface area contributed by atoms with E-state index in [0.717, 1.165) is 17.5 Å². The predicted molar refractivity (Wildman–Crippen MR) is 141 cm³/mol. The standard InChI is InChI=1S/C21H27NO.C9H8O4/c1-5-20(23)21(16-17(2)22(3)4,18-12-8-6-9-13-18)19-14-10-7-11-15-19;1-6(10)13-8-5-3-2-4-7(8)9(11)12/h6-15,17H,5,16H2,1-4H3;2-5H,1H3,(H,11,12). The van der Waals surface area contributed by atoms with Gasteiger partial charge < -0.3 is 14.7 Å². The molecule has 0 aliphatic carbocycles. The SMILES string of the molecule is CC(=O)Oc1ccccc1C(=O)O.CCC(=O)C(CC(C)N(C)C)(c1ccccc1)c1ccccc1. The van der Waals surface area contributed by atoms with Crippen LogP contribution in [0.5, 0.6) is 5.75 Å². The number of esters is 1. The average Bonchev–Trinajstić information content (AvgIpc) is 2.88. The number of carbonyl (C=O) groups excluding carboxylic acids is 2. The quantitative estimate of drug-likeness (QED) is 0.311.